The summed E-state index contributed by atoms with van der Waals surface area (Å²) in [5.41, 5.74) is 2.18. The van der Waals surface area contributed by atoms with Gasteiger partial charge in [0, 0.05) is 17.3 Å². The maximum absolute atomic E-state index is 8.50. The molecule has 0 radical (unpaired) electrons. The van der Waals surface area contributed by atoms with Crippen LogP contribution in [0.1, 0.15) is 5.56 Å². The maximum atomic E-state index is 8.50. The fraction of sp³-hybridized carbons (Fsp3) is 0.455. The van der Waals surface area contributed by atoms with E-state index in [2.05, 4.69) is 5.32 Å². The third-order valence-electron chi connectivity index (χ3n) is 2.00. The molecule has 3 nitrogen and oxygen atoms in total. The minimum atomic E-state index is 0.0657. The largest absolute Gasteiger partial charge is 0.394 e. The highest BCUT2D eigenvalue weighted by Gasteiger charge is 1.98. The van der Waals surface area contributed by atoms with Crippen molar-refractivity contribution in [3.63, 3.8) is 0 Å². The fourth-order valence-electron chi connectivity index (χ4n) is 1.21. The molecule has 0 aliphatic rings. The molecule has 1 aromatic carbocycles. The average molecular weight is 230 g/mol. The molecule has 0 aromatic heterocycles. The van der Waals surface area contributed by atoms with E-state index in [-0.39, 0.29) is 6.61 Å². The van der Waals surface area contributed by atoms with Crippen LogP contribution in [-0.4, -0.2) is 31.5 Å². The van der Waals surface area contributed by atoms with E-state index in [0.717, 1.165) is 16.3 Å². The van der Waals surface area contributed by atoms with Crippen LogP contribution in [0.5, 0.6) is 0 Å². The van der Waals surface area contributed by atoms with Crippen LogP contribution in [0.2, 0.25) is 5.02 Å². The molecular formula is C11H16ClNO2. The van der Waals surface area contributed by atoms with Crippen LogP contribution in [0.15, 0.2) is 18.2 Å². The van der Waals surface area contributed by atoms with Crippen molar-refractivity contribution in [1.29, 1.82) is 0 Å². The molecule has 0 unspecified atom stereocenters. The monoisotopic (exact) mass is 229 g/mol. The van der Waals surface area contributed by atoms with Crippen molar-refractivity contribution < 1.29 is 9.84 Å². The number of rotatable bonds is 6. The lowest BCUT2D eigenvalue weighted by atomic mass is 10.2. The summed E-state index contributed by atoms with van der Waals surface area (Å²) in [6, 6.07) is 5.73. The summed E-state index contributed by atoms with van der Waals surface area (Å²) in [6.07, 6.45) is 0. The van der Waals surface area contributed by atoms with E-state index < -0.39 is 0 Å². The number of anilines is 1. The van der Waals surface area contributed by atoms with Gasteiger partial charge >= 0.3 is 0 Å². The van der Waals surface area contributed by atoms with Crippen molar-refractivity contribution in [2.45, 2.75) is 6.92 Å². The lowest BCUT2D eigenvalue weighted by Gasteiger charge is -2.09. The Morgan fingerprint density at radius 2 is 2.20 bits per heavy atom. The Labute approximate surface area is 95.0 Å². The first kappa shape index (κ1) is 12.3. The Hall–Kier alpha value is -0.770. The second-order valence-electron chi connectivity index (χ2n) is 3.22. The van der Waals surface area contributed by atoms with Gasteiger partial charge in [0.25, 0.3) is 0 Å². The van der Waals surface area contributed by atoms with Gasteiger partial charge in [-0.25, -0.2) is 0 Å². The third kappa shape index (κ3) is 4.51. The zero-order valence-corrected chi connectivity index (χ0v) is 9.55. The first-order chi connectivity index (χ1) is 7.24. The average Bonchev–Trinajstić information content (AvgIpc) is 2.23. The molecule has 1 aromatic rings. The molecule has 4 heteroatoms. The van der Waals surface area contributed by atoms with Crippen LogP contribution in [0.25, 0.3) is 0 Å². The predicted octanol–water partition coefficient (Wildman–Crippen LogP) is 2.07. The minimum Gasteiger partial charge on any atom is -0.394 e. The van der Waals surface area contributed by atoms with E-state index in [1.54, 1.807) is 0 Å². The summed E-state index contributed by atoms with van der Waals surface area (Å²) in [4.78, 5) is 0. The molecule has 1 rings (SSSR count). The molecule has 0 amide bonds. The number of hydrogen-bond donors (Lipinski definition) is 2. The molecule has 15 heavy (non-hydrogen) atoms. The van der Waals surface area contributed by atoms with E-state index in [1.807, 2.05) is 25.1 Å². The lowest BCUT2D eigenvalue weighted by molar-refractivity contribution is 0.0992. The van der Waals surface area contributed by atoms with Crippen LogP contribution < -0.4 is 5.32 Å². The van der Waals surface area contributed by atoms with Gasteiger partial charge in [-0.15, -0.1) is 0 Å². The Kier molecular flexibility index (Phi) is 5.47. The molecule has 0 saturated heterocycles. The Bertz CT molecular complexity index is 305. The standard InChI is InChI=1S/C11H16ClNO2/c1-9-2-3-10(12)8-11(9)13-4-6-15-7-5-14/h2-3,8,13-14H,4-7H2,1H3. The summed E-state index contributed by atoms with van der Waals surface area (Å²) in [6.45, 7) is 3.76. The van der Waals surface area contributed by atoms with E-state index in [1.165, 1.54) is 0 Å². The normalized spacial score (nSPS) is 10.3. The Morgan fingerprint density at radius 1 is 1.40 bits per heavy atom. The molecule has 84 valence electrons. The van der Waals surface area contributed by atoms with Crippen LogP contribution >= 0.6 is 11.6 Å². The van der Waals surface area contributed by atoms with Gasteiger partial charge in [0.15, 0.2) is 0 Å². The molecule has 0 atom stereocenters. The summed E-state index contributed by atoms with van der Waals surface area (Å²) >= 11 is 5.88. The molecule has 0 fully saturated rings. The van der Waals surface area contributed by atoms with Gasteiger partial charge in [-0.05, 0) is 24.6 Å². The summed E-state index contributed by atoms with van der Waals surface area (Å²) < 4.78 is 5.13. The molecule has 2 N–H and O–H groups in total. The maximum Gasteiger partial charge on any atom is 0.0698 e. The van der Waals surface area contributed by atoms with Crippen LogP contribution in [-0.2, 0) is 4.74 Å². The quantitative estimate of drug-likeness (QED) is 0.734. The topological polar surface area (TPSA) is 41.5 Å². The summed E-state index contributed by atoms with van der Waals surface area (Å²) in [5, 5.41) is 12.4. The molecule has 0 heterocycles. The zero-order chi connectivity index (χ0) is 11.1. The highest BCUT2D eigenvalue weighted by Crippen LogP contribution is 2.19. The van der Waals surface area contributed by atoms with Crippen LogP contribution in [0.4, 0.5) is 5.69 Å². The number of aryl methyl sites for hydroxylation is 1. The highest BCUT2D eigenvalue weighted by atomic mass is 35.5. The van der Waals surface area contributed by atoms with Gasteiger partial charge in [0.1, 0.15) is 0 Å². The SMILES string of the molecule is Cc1ccc(Cl)cc1NCCOCCO. The van der Waals surface area contributed by atoms with Gasteiger partial charge in [-0.2, -0.15) is 0 Å². The zero-order valence-electron chi connectivity index (χ0n) is 8.79. The van der Waals surface area contributed by atoms with Crippen molar-refractivity contribution in [2.24, 2.45) is 0 Å². The van der Waals surface area contributed by atoms with E-state index in [0.29, 0.717) is 19.8 Å². The third-order valence-corrected chi connectivity index (χ3v) is 2.23. The minimum absolute atomic E-state index is 0.0657. The number of aliphatic hydroxyl groups is 1. The molecule has 0 aliphatic heterocycles. The van der Waals surface area contributed by atoms with E-state index >= 15 is 0 Å². The number of hydrogen-bond acceptors (Lipinski definition) is 3. The number of halogens is 1. The highest BCUT2D eigenvalue weighted by molar-refractivity contribution is 6.30. The smallest absolute Gasteiger partial charge is 0.0698 e. The van der Waals surface area contributed by atoms with Gasteiger partial charge in [-0.1, -0.05) is 17.7 Å². The number of ether oxygens (including phenoxy) is 1. The van der Waals surface area contributed by atoms with Crippen molar-refractivity contribution in [2.75, 3.05) is 31.7 Å². The van der Waals surface area contributed by atoms with Crippen molar-refractivity contribution in [3.8, 4) is 0 Å². The number of aliphatic hydroxyl groups excluding tert-OH is 1. The van der Waals surface area contributed by atoms with Crippen LogP contribution in [0, 0.1) is 6.92 Å². The predicted molar refractivity (Wildman–Crippen MR) is 62.6 cm³/mol. The van der Waals surface area contributed by atoms with Gasteiger partial charge < -0.3 is 15.2 Å². The van der Waals surface area contributed by atoms with Crippen molar-refractivity contribution >= 4 is 17.3 Å². The van der Waals surface area contributed by atoms with E-state index in [9.17, 15) is 0 Å². The Morgan fingerprint density at radius 3 is 2.93 bits per heavy atom. The number of nitrogens with one attached hydrogen (secondary N) is 1. The lowest BCUT2D eigenvalue weighted by Crippen LogP contribution is -2.11. The first-order valence-electron chi connectivity index (χ1n) is 4.92. The molecule has 0 saturated carbocycles. The van der Waals surface area contributed by atoms with Gasteiger partial charge in [0.2, 0.25) is 0 Å². The second kappa shape index (κ2) is 6.67. The van der Waals surface area contributed by atoms with Gasteiger partial charge in [0.05, 0.1) is 19.8 Å². The van der Waals surface area contributed by atoms with Gasteiger partial charge in [-0.3, -0.25) is 0 Å². The van der Waals surface area contributed by atoms with Crippen LogP contribution in [0.3, 0.4) is 0 Å². The number of benzene rings is 1. The summed E-state index contributed by atoms with van der Waals surface area (Å²) in [7, 11) is 0. The van der Waals surface area contributed by atoms with E-state index in [4.69, 9.17) is 21.4 Å². The van der Waals surface area contributed by atoms with Crippen molar-refractivity contribution in [1.82, 2.24) is 0 Å². The Balaban J connectivity index is 2.33. The second-order valence-corrected chi connectivity index (χ2v) is 3.66. The molecule has 0 aliphatic carbocycles. The molecular weight excluding hydrogens is 214 g/mol. The first-order valence-corrected chi connectivity index (χ1v) is 5.30. The van der Waals surface area contributed by atoms with Crippen molar-refractivity contribution in [3.05, 3.63) is 28.8 Å². The molecule has 0 bridgehead atoms. The fourth-order valence-corrected chi connectivity index (χ4v) is 1.38. The molecule has 0 spiro atoms. The summed E-state index contributed by atoms with van der Waals surface area (Å²) in [5.74, 6) is 0.